The summed E-state index contributed by atoms with van der Waals surface area (Å²) in [5, 5.41) is 4.37. The smallest absolute Gasteiger partial charge is 0.243 e. The highest BCUT2D eigenvalue weighted by Gasteiger charge is 2.29. The molecule has 0 aromatic heterocycles. The van der Waals surface area contributed by atoms with E-state index in [9.17, 15) is 9.59 Å². The zero-order valence-corrected chi connectivity index (χ0v) is 19.0. The zero-order valence-electron chi connectivity index (χ0n) is 16.7. The maximum absolute atomic E-state index is 13.3. The number of nitrogens with zero attached hydrogens (tertiary/aromatic N) is 1. The van der Waals surface area contributed by atoms with Crippen LogP contribution >= 0.6 is 34.8 Å². The molecule has 7 heteroatoms. The van der Waals surface area contributed by atoms with E-state index in [0.29, 0.717) is 27.1 Å². The van der Waals surface area contributed by atoms with E-state index >= 15 is 0 Å². The highest BCUT2D eigenvalue weighted by Crippen LogP contribution is 2.24. The molecule has 156 valence electrons. The molecular formula is C22H25Cl3N2O2. The molecule has 1 N–H and O–H groups in total. The average molecular weight is 456 g/mol. The van der Waals surface area contributed by atoms with Gasteiger partial charge in [-0.2, -0.15) is 0 Å². The molecule has 0 radical (unpaired) electrons. The minimum atomic E-state index is -0.618. The van der Waals surface area contributed by atoms with Crippen molar-refractivity contribution in [2.45, 2.75) is 52.2 Å². The number of carbonyl (C=O) groups is 2. The number of halogens is 3. The first kappa shape index (κ1) is 23.5. The monoisotopic (exact) mass is 454 g/mol. The summed E-state index contributed by atoms with van der Waals surface area (Å²) in [7, 11) is 0. The third-order valence-corrected chi connectivity index (χ3v) is 5.43. The van der Waals surface area contributed by atoms with E-state index < -0.39 is 6.04 Å². The van der Waals surface area contributed by atoms with Crippen LogP contribution in [0.1, 0.15) is 38.3 Å². The Hall–Kier alpha value is -1.75. The third-order valence-electron chi connectivity index (χ3n) is 4.47. The van der Waals surface area contributed by atoms with Crippen molar-refractivity contribution in [3.63, 3.8) is 0 Å². The Morgan fingerprint density at radius 2 is 1.69 bits per heavy atom. The molecule has 2 amide bonds. The minimum Gasteiger partial charge on any atom is -0.352 e. The van der Waals surface area contributed by atoms with Gasteiger partial charge in [-0.15, -0.1) is 0 Å². The highest BCUT2D eigenvalue weighted by molar-refractivity contribution is 6.35. The van der Waals surface area contributed by atoms with Crippen molar-refractivity contribution in [2.75, 3.05) is 0 Å². The van der Waals surface area contributed by atoms with Crippen molar-refractivity contribution in [1.29, 1.82) is 0 Å². The summed E-state index contributed by atoms with van der Waals surface area (Å²) in [6.45, 7) is 5.89. The molecule has 0 aliphatic rings. The van der Waals surface area contributed by atoms with Gasteiger partial charge in [0.25, 0.3) is 0 Å². The maximum Gasteiger partial charge on any atom is 0.243 e. The summed E-state index contributed by atoms with van der Waals surface area (Å²) in [5.41, 5.74) is 1.44. The van der Waals surface area contributed by atoms with Gasteiger partial charge >= 0.3 is 0 Å². The van der Waals surface area contributed by atoms with E-state index in [-0.39, 0.29) is 30.8 Å². The summed E-state index contributed by atoms with van der Waals surface area (Å²) in [4.78, 5) is 27.6. The van der Waals surface area contributed by atoms with Gasteiger partial charge in [-0.1, -0.05) is 66.0 Å². The van der Waals surface area contributed by atoms with Crippen molar-refractivity contribution >= 4 is 46.6 Å². The zero-order chi connectivity index (χ0) is 21.6. The molecule has 4 nitrogen and oxygen atoms in total. The average Bonchev–Trinajstić information content (AvgIpc) is 2.64. The Morgan fingerprint density at radius 1 is 1.00 bits per heavy atom. The first-order valence-corrected chi connectivity index (χ1v) is 10.6. The molecule has 0 spiro atoms. The van der Waals surface area contributed by atoms with Crippen LogP contribution in [-0.2, 0) is 22.6 Å². The van der Waals surface area contributed by atoms with Crippen molar-refractivity contribution in [3.8, 4) is 0 Å². The maximum atomic E-state index is 13.3. The van der Waals surface area contributed by atoms with E-state index in [4.69, 9.17) is 34.8 Å². The van der Waals surface area contributed by atoms with Gasteiger partial charge in [-0.05, 0) is 49.6 Å². The van der Waals surface area contributed by atoms with E-state index in [0.717, 1.165) is 5.56 Å². The second-order valence-corrected chi connectivity index (χ2v) is 8.36. The number of benzene rings is 2. The van der Waals surface area contributed by atoms with Crippen LogP contribution < -0.4 is 5.32 Å². The molecule has 2 aromatic carbocycles. The molecule has 1 atom stereocenters. The summed E-state index contributed by atoms with van der Waals surface area (Å²) in [6.07, 6.45) is 0.537. The number of nitrogens with one attached hydrogen (secondary N) is 1. The van der Waals surface area contributed by atoms with Crippen molar-refractivity contribution < 1.29 is 9.59 Å². The highest BCUT2D eigenvalue weighted by atomic mass is 35.5. The van der Waals surface area contributed by atoms with Gasteiger partial charge < -0.3 is 10.2 Å². The summed E-state index contributed by atoms with van der Waals surface area (Å²) in [6, 6.07) is 11.7. The van der Waals surface area contributed by atoms with Gasteiger partial charge in [0.2, 0.25) is 11.8 Å². The van der Waals surface area contributed by atoms with Gasteiger partial charge in [0.1, 0.15) is 6.04 Å². The molecule has 0 fully saturated rings. The Kier molecular flexibility index (Phi) is 8.81. The predicted molar refractivity (Wildman–Crippen MR) is 120 cm³/mol. The second-order valence-electron chi connectivity index (χ2n) is 7.11. The Balaban J connectivity index is 2.35. The summed E-state index contributed by atoms with van der Waals surface area (Å²) >= 11 is 18.5. The first-order valence-electron chi connectivity index (χ1n) is 9.50. The number of hydrogen-bond donors (Lipinski definition) is 1. The second kappa shape index (κ2) is 10.9. The van der Waals surface area contributed by atoms with Gasteiger partial charge in [-0.25, -0.2) is 0 Å². The Bertz CT molecular complexity index is 871. The Morgan fingerprint density at radius 3 is 2.28 bits per heavy atom. The third kappa shape index (κ3) is 6.63. The van der Waals surface area contributed by atoms with E-state index in [1.807, 2.05) is 39.0 Å². The normalized spacial score (nSPS) is 12.0. The number of hydrogen-bond acceptors (Lipinski definition) is 2. The van der Waals surface area contributed by atoms with Gasteiger partial charge in [0.15, 0.2) is 0 Å². The first-order chi connectivity index (χ1) is 13.7. The molecule has 2 aromatic rings. The predicted octanol–water partition coefficient (Wildman–Crippen LogP) is 5.52. The molecule has 0 aliphatic heterocycles. The fourth-order valence-corrected chi connectivity index (χ4v) is 3.71. The molecule has 0 saturated carbocycles. The van der Waals surface area contributed by atoms with Crippen LogP contribution in [-0.4, -0.2) is 28.8 Å². The van der Waals surface area contributed by atoms with Crippen LogP contribution in [0.3, 0.4) is 0 Å². The van der Waals surface area contributed by atoms with Crippen LogP contribution in [0.25, 0.3) is 0 Å². The number of amides is 2. The van der Waals surface area contributed by atoms with Crippen LogP contribution in [0.2, 0.25) is 15.1 Å². The molecular weight excluding hydrogens is 431 g/mol. The van der Waals surface area contributed by atoms with Crippen molar-refractivity contribution in [1.82, 2.24) is 10.2 Å². The van der Waals surface area contributed by atoms with Gasteiger partial charge in [-0.3, -0.25) is 9.59 Å². The quantitative estimate of drug-likeness (QED) is 0.569. The van der Waals surface area contributed by atoms with Gasteiger partial charge in [0, 0.05) is 27.7 Å². The molecule has 0 saturated heterocycles. The molecule has 29 heavy (non-hydrogen) atoms. The molecule has 0 aliphatic carbocycles. The molecule has 0 heterocycles. The fraction of sp³-hybridized carbons (Fsp3) is 0.364. The molecule has 0 bridgehead atoms. The lowest BCUT2D eigenvalue weighted by molar-refractivity contribution is -0.141. The molecule has 2 rings (SSSR count). The number of carbonyl (C=O) groups excluding carboxylic acids is 2. The van der Waals surface area contributed by atoms with E-state index in [1.54, 1.807) is 29.2 Å². The van der Waals surface area contributed by atoms with Crippen LogP contribution in [0.5, 0.6) is 0 Å². The largest absolute Gasteiger partial charge is 0.352 e. The lowest BCUT2D eigenvalue weighted by atomic mass is 10.1. The number of rotatable bonds is 8. The van der Waals surface area contributed by atoms with Crippen molar-refractivity contribution in [2.24, 2.45) is 0 Å². The topological polar surface area (TPSA) is 49.4 Å². The Labute approximate surface area is 187 Å². The lowest BCUT2D eigenvalue weighted by Crippen LogP contribution is -2.50. The van der Waals surface area contributed by atoms with Crippen molar-refractivity contribution in [3.05, 3.63) is 68.7 Å². The fourth-order valence-electron chi connectivity index (χ4n) is 3.04. The summed E-state index contributed by atoms with van der Waals surface area (Å²) < 4.78 is 0. The van der Waals surface area contributed by atoms with Gasteiger partial charge in [0.05, 0.1) is 6.42 Å². The van der Waals surface area contributed by atoms with E-state index in [2.05, 4.69) is 5.32 Å². The van der Waals surface area contributed by atoms with Crippen LogP contribution in [0, 0.1) is 0 Å². The standard InChI is InChI=1S/C22H25Cl3N2O2/c1-4-20(22(29)26-14(2)3)27(13-16-7-5-6-8-18(16)24)21(28)11-15-9-10-17(23)12-19(15)25/h5-10,12,14,20H,4,11,13H2,1-3H3,(H,26,29)/t20-/m1/s1. The summed E-state index contributed by atoms with van der Waals surface area (Å²) in [5.74, 6) is -0.398. The van der Waals surface area contributed by atoms with E-state index in [1.165, 1.54) is 0 Å². The molecule has 0 unspecified atom stereocenters. The lowest BCUT2D eigenvalue weighted by Gasteiger charge is -2.31. The minimum absolute atomic E-state index is 0.0282. The SMILES string of the molecule is CC[C@H](C(=O)NC(C)C)N(Cc1ccccc1Cl)C(=O)Cc1ccc(Cl)cc1Cl. The van der Waals surface area contributed by atoms with Crippen LogP contribution in [0.4, 0.5) is 0 Å². The van der Waals surface area contributed by atoms with Crippen LogP contribution in [0.15, 0.2) is 42.5 Å².